The van der Waals surface area contributed by atoms with Crippen molar-refractivity contribution >= 4 is 41.3 Å². The Balaban J connectivity index is 0. The minimum atomic E-state index is -1.04. The first-order valence-electron chi connectivity index (χ1n) is 2.40. The van der Waals surface area contributed by atoms with Gasteiger partial charge in [-0.05, 0) is 0 Å². The Labute approximate surface area is 75.7 Å². The maximum atomic E-state index is 10.2. The monoisotopic (exact) mass is 139 g/mol. The summed E-state index contributed by atoms with van der Waals surface area (Å²) in [6.45, 7) is 1.64. The summed E-state index contributed by atoms with van der Waals surface area (Å²) >= 11 is 0. The van der Waals surface area contributed by atoms with Gasteiger partial charge >= 0.3 is 5.97 Å². The van der Waals surface area contributed by atoms with E-state index in [1.807, 2.05) is 0 Å². The van der Waals surface area contributed by atoms with Crippen molar-refractivity contribution in [2.45, 2.75) is 19.8 Å². The fraction of sp³-hybridized carbons (Fsp3) is 0.600. The molecule has 0 aliphatic rings. The van der Waals surface area contributed by atoms with Crippen LogP contribution >= 0.6 is 0 Å². The molecule has 3 nitrogen and oxygen atoms in total. The van der Waals surface area contributed by atoms with Crippen LogP contribution in [0.4, 0.5) is 0 Å². The van der Waals surface area contributed by atoms with Gasteiger partial charge in [-0.3, -0.25) is 9.59 Å². The molecule has 0 rings (SSSR count). The largest absolute Gasteiger partial charge is 0.481 e. The third-order valence-electron chi connectivity index (χ3n) is 0.743. The van der Waals surface area contributed by atoms with Crippen LogP contribution in [0.15, 0.2) is 0 Å². The van der Waals surface area contributed by atoms with Crippen molar-refractivity contribution < 1.29 is 14.7 Å². The molecule has 0 aromatic carbocycles. The number of carbonyl (C=O) groups excluding carboxylic acids is 1. The number of carboxylic acids is 1. The van der Waals surface area contributed by atoms with Crippen molar-refractivity contribution in [2.24, 2.45) is 0 Å². The second kappa shape index (κ2) is 6.26. The van der Waals surface area contributed by atoms with E-state index in [1.54, 1.807) is 6.92 Å². The summed E-state index contributed by atoms with van der Waals surface area (Å²) in [5.41, 5.74) is 0. The van der Waals surface area contributed by atoms with Crippen LogP contribution in [0, 0.1) is 0 Å². The Hall–Kier alpha value is 0.140. The molecule has 0 fully saturated rings. The smallest absolute Gasteiger partial charge is 0.310 e. The molecular weight excluding hydrogens is 131 g/mol. The Morgan fingerprint density at radius 1 is 1.44 bits per heavy atom. The Bertz CT molecular complexity index is 111. The molecule has 0 spiro atoms. The molecule has 0 saturated carbocycles. The normalized spacial score (nSPS) is 7.67. The quantitative estimate of drug-likeness (QED) is 0.444. The second-order valence-electron chi connectivity index (χ2n) is 1.46. The fourth-order valence-electron chi connectivity index (χ4n) is 0.294. The van der Waals surface area contributed by atoms with Crippen LogP contribution in [0.2, 0.25) is 0 Å². The maximum absolute atomic E-state index is 10.2. The molecule has 9 heavy (non-hydrogen) atoms. The molecule has 0 unspecified atom stereocenters. The SMILES string of the molecule is CCC(=O)CC(=O)O.[Na]. The van der Waals surface area contributed by atoms with Crippen molar-refractivity contribution in [1.29, 1.82) is 0 Å². The number of carboxylic acid groups (broad SMARTS) is 1. The van der Waals surface area contributed by atoms with E-state index < -0.39 is 5.97 Å². The van der Waals surface area contributed by atoms with Gasteiger partial charge in [0.25, 0.3) is 0 Å². The summed E-state index contributed by atoms with van der Waals surface area (Å²) in [6.07, 6.45) is -0.0250. The van der Waals surface area contributed by atoms with Gasteiger partial charge in [-0.15, -0.1) is 0 Å². The number of hydrogen-bond acceptors (Lipinski definition) is 2. The van der Waals surface area contributed by atoms with E-state index in [4.69, 9.17) is 5.11 Å². The molecule has 0 atom stereocenters. The zero-order valence-corrected chi connectivity index (χ0v) is 7.68. The van der Waals surface area contributed by atoms with Crippen LogP contribution in [-0.4, -0.2) is 46.4 Å². The average molecular weight is 139 g/mol. The van der Waals surface area contributed by atoms with Gasteiger partial charge in [0.2, 0.25) is 0 Å². The van der Waals surface area contributed by atoms with Crippen LogP contribution in [0.25, 0.3) is 0 Å². The number of rotatable bonds is 3. The molecule has 0 aromatic heterocycles. The van der Waals surface area contributed by atoms with Gasteiger partial charge in [0.15, 0.2) is 0 Å². The summed E-state index contributed by atoms with van der Waals surface area (Å²) in [7, 11) is 0. The molecular formula is C5H8NaO3. The molecule has 0 aromatic rings. The van der Waals surface area contributed by atoms with Gasteiger partial charge in [0.1, 0.15) is 12.2 Å². The van der Waals surface area contributed by atoms with E-state index in [0.29, 0.717) is 6.42 Å². The minimum absolute atomic E-state index is 0. The van der Waals surface area contributed by atoms with Crippen LogP contribution < -0.4 is 0 Å². The standard InChI is InChI=1S/C5H8O3.Na/c1-2-4(6)3-5(7)8;/h2-3H2,1H3,(H,7,8);. The van der Waals surface area contributed by atoms with Crippen molar-refractivity contribution in [3.05, 3.63) is 0 Å². The Morgan fingerprint density at radius 2 is 1.89 bits per heavy atom. The van der Waals surface area contributed by atoms with E-state index in [-0.39, 0.29) is 41.8 Å². The second-order valence-corrected chi connectivity index (χ2v) is 1.46. The molecule has 0 saturated heterocycles. The van der Waals surface area contributed by atoms with Gasteiger partial charge in [-0.1, -0.05) is 6.92 Å². The molecule has 47 valence electrons. The Morgan fingerprint density at radius 3 is 2.00 bits per heavy atom. The number of hydrogen-bond donors (Lipinski definition) is 1. The van der Waals surface area contributed by atoms with E-state index in [0.717, 1.165) is 0 Å². The molecule has 1 N–H and O–H groups in total. The zero-order chi connectivity index (χ0) is 6.57. The van der Waals surface area contributed by atoms with E-state index in [9.17, 15) is 9.59 Å². The van der Waals surface area contributed by atoms with E-state index in [1.165, 1.54) is 0 Å². The van der Waals surface area contributed by atoms with Crippen LogP contribution in [0.1, 0.15) is 19.8 Å². The number of ketones is 1. The van der Waals surface area contributed by atoms with Gasteiger partial charge in [-0.2, -0.15) is 0 Å². The zero-order valence-electron chi connectivity index (χ0n) is 5.68. The summed E-state index contributed by atoms with van der Waals surface area (Å²) in [5, 5.41) is 7.99. The first-order chi connectivity index (χ1) is 3.66. The third kappa shape index (κ3) is 8.14. The van der Waals surface area contributed by atoms with Crippen molar-refractivity contribution in [2.75, 3.05) is 0 Å². The molecule has 4 heteroatoms. The molecule has 1 radical (unpaired) electrons. The maximum Gasteiger partial charge on any atom is 0.310 e. The van der Waals surface area contributed by atoms with Gasteiger partial charge in [0.05, 0.1) is 0 Å². The fourth-order valence-corrected chi connectivity index (χ4v) is 0.294. The number of carbonyl (C=O) groups is 2. The molecule has 0 aliphatic heterocycles. The van der Waals surface area contributed by atoms with E-state index in [2.05, 4.69) is 0 Å². The topological polar surface area (TPSA) is 54.4 Å². The van der Waals surface area contributed by atoms with Crippen LogP contribution in [0.5, 0.6) is 0 Å². The van der Waals surface area contributed by atoms with Gasteiger partial charge < -0.3 is 5.11 Å². The van der Waals surface area contributed by atoms with Crippen molar-refractivity contribution in [3.8, 4) is 0 Å². The first kappa shape index (κ1) is 11.9. The van der Waals surface area contributed by atoms with Gasteiger partial charge in [-0.25, -0.2) is 0 Å². The van der Waals surface area contributed by atoms with Crippen LogP contribution in [-0.2, 0) is 9.59 Å². The summed E-state index contributed by atoms with van der Waals surface area (Å²) in [5.74, 6) is -1.27. The summed E-state index contributed by atoms with van der Waals surface area (Å²) in [6, 6.07) is 0. The first-order valence-corrected chi connectivity index (χ1v) is 2.40. The molecule has 0 bridgehead atoms. The third-order valence-corrected chi connectivity index (χ3v) is 0.743. The number of aliphatic carboxylic acids is 1. The summed E-state index contributed by atoms with van der Waals surface area (Å²) in [4.78, 5) is 20.0. The van der Waals surface area contributed by atoms with Crippen LogP contribution in [0.3, 0.4) is 0 Å². The molecule has 0 amide bonds. The molecule has 0 aliphatic carbocycles. The predicted molar refractivity (Wildman–Crippen MR) is 33.3 cm³/mol. The summed E-state index contributed by atoms with van der Waals surface area (Å²) < 4.78 is 0. The number of Topliss-reactive ketones (excluding diaryl/α,β-unsaturated/α-hetero) is 1. The average Bonchev–Trinajstić information content (AvgIpc) is 1.65. The molecule has 0 heterocycles. The van der Waals surface area contributed by atoms with Crippen molar-refractivity contribution in [3.63, 3.8) is 0 Å². The van der Waals surface area contributed by atoms with E-state index >= 15 is 0 Å². The predicted octanol–water partition coefficient (Wildman–Crippen LogP) is 0.0594. The van der Waals surface area contributed by atoms with Gasteiger partial charge in [0, 0.05) is 36.0 Å². The Kier molecular flexibility index (Phi) is 8.27. The van der Waals surface area contributed by atoms with Crippen molar-refractivity contribution in [1.82, 2.24) is 0 Å². The minimum Gasteiger partial charge on any atom is -0.481 e.